The third-order valence-electron chi connectivity index (χ3n) is 5.57. The van der Waals surface area contributed by atoms with E-state index in [4.69, 9.17) is 0 Å². The fraction of sp³-hybridized carbons (Fsp3) is 0.286. The van der Waals surface area contributed by atoms with Crippen molar-refractivity contribution in [3.8, 4) is 0 Å². The summed E-state index contributed by atoms with van der Waals surface area (Å²) in [5, 5.41) is 0.375. The number of aromatic nitrogens is 2. The summed E-state index contributed by atoms with van der Waals surface area (Å²) in [6.45, 7) is 2.07. The van der Waals surface area contributed by atoms with Crippen LogP contribution in [-0.2, 0) is 34.3 Å². The number of amides is 1. The van der Waals surface area contributed by atoms with Gasteiger partial charge in [0.25, 0.3) is 5.56 Å². The Morgan fingerprint density at radius 2 is 1.84 bits per heavy atom. The Morgan fingerprint density at radius 1 is 1.10 bits per heavy atom. The van der Waals surface area contributed by atoms with Crippen molar-refractivity contribution in [1.82, 2.24) is 13.9 Å². The van der Waals surface area contributed by atoms with Crippen molar-refractivity contribution in [1.29, 1.82) is 0 Å². The Morgan fingerprint density at radius 3 is 2.55 bits per heavy atom. The number of carbonyl (C=O) groups excluding carboxylic acids is 1. The molecule has 2 aromatic carbocycles. The van der Waals surface area contributed by atoms with E-state index < -0.39 is 15.7 Å². The van der Waals surface area contributed by atoms with E-state index in [0.29, 0.717) is 29.6 Å². The van der Waals surface area contributed by atoms with Gasteiger partial charge in [-0.1, -0.05) is 12.1 Å². The van der Waals surface area contributed by atoms with Crippen molar-refractivity contribution in [3.63, 3.8) is 0 Å². The first-order valence-corrected chi connectivity index (χ1v) is 11.4. The monoisotopic (exact) mass is 442 g/mol. The molecule has 0 spiro atoms. The van der Waals surface area contributed by atoms with Crippen LogP contribution in [0.4, 0.5) is 5.69 Å². The molecular weight excluding hydrogens is 420 g/mol. The van der Waals surface area contributed by atoms with Crippen molar-refractivity contribution in [3.05, 3.63) is 68.9 Å². The molecule has 0 fully saturated rings. The lowest BCUT2D eigenvalue weighted by Gasteiger charge is -2.19. The average Bonchev–Trinajstić information content (AvgIpc) is 3.20. The van der Waals surface area contributed by atoms with Crippen LogP contribution in [0.5, 0.6) is 0 Å². The third-order valence-corrected chi connectivity index (χ3v) is 6.98. The zero-order valence-electron chi connectivity index (χ0n) is 17.2. The van der Waals surface area contributed by atoms with Crippen LogP contribution in [0, 0.1) is 0 Å². The van der Waals surface area contributed by atoms with Gasteiger partial charge in [-0.3, -0.25) is 18.7 Å². The smallest absolute Gasteiger partial charge is 0.310 e. The van der Waals surface area contributed by atoms with Crippen LogP contribution in [0.2, 0.25) is 0 Å². The number of carbonyl (C=O) groups is 1. The maximum atomic E-state index is 13.1. The number of nitrogens with one attached hydrogen (secondary N) is 1. The summed E-state index contributed by atoms with van der Waals surface area (Å²) in [6, 6.07) is 11.3. The number of nitrogens with zero attached hydrogens (tertiary/aromatic N) is 3. The predicted molar refractivity (Wildman–Crippen MR) is 117 cm³/mol. The summed E-state index contributed by atoms with van der Waals surface area (Å²) in [6.07, 6.45) is 0.512. The molecule has 31 heavy (non-hydrogen) atoms. The lowest BCUT2D eigenvalue weighted by molar-refractivity contribution is -0.119. The van der Waals surface area contributed by atoms with Gasteiger partial charge in [-0.25, -0.2) is 17.9 Å². The predicted octanol–water partition coefficient (Wildman–Crippen LogP) is 0.680. The van der Waals surface area contributed by atoms with Gasteiger partial charge in [0.15, 0.2) is 0 Å². The van der Waals surface area contributed by atoms with Gasteiger partial charge in [-0.15, -0.1) is 0 Å². The fourth-order valence-corrected chi connectivity index (χ4v) is 4.73. The SMILES string of the molecule is CCn1c(=O)c2ccccc2n(CC(=O)N2CCc3cc(S(=O)(=O)NC)ccc32)c1=O. The first kappa shape index (κ1) is 21.0. The molecule has 4 rings (SSSR count). The van der Waals surface area contributed by atoms with Gasteiger partial charge < -0.3 is 4.90 Å². The number of rotatable bonds is 5. The van der Waals surface area contributed by atoms with Crippen molar-refractivity contribution < 1.29 is 13.2 Å². The zero-order valence-corrected chi connectivity index (χ0v) is 18.0. The van der Waals surface area contributed by atoms with Crippen LogP contribution in [0.15, 0.2) is 56.9 Å². The lowest BCUT2D eigenvalue weighted by Crippen LogP contribution is -2.43. The van der Waals surface area contributed by atoms with Gasteiger partial charge in [0.1, 0.15) is 6.54 Å². The molecule has 162 valence electrons. The summed E-state index contributed by atoms with van der Waals surface area (Å²) in [5.41, 5.74) is 0.873. The van der Waals surface area contributed by atoms with E-state index in [9.17, 15) is 22.8 Å². The maximum absolute atomic E-state index is 13.1. The van der Waals surface area contributed by atoms with E-state index in [0.717, 1.165) is 10.1 Å². The molecule has 1 aliphatic heterocycles. The van der Waals surface area contributed by atoms with Gasteiger partial charge in [0.05, 0.1) is 15.8 Å². The highest BCUT2D eigenvalue weighted by molar-refractivity contribution is 7.89. The van der Waals surface area contributed by atoms with Gasteiger partial charge in [-0.05, 0) is 56.3 Å². The highest BCUT2D eigenvalue weighted by atomic mass is 32.2. The number of para-hydroxylation sites is 1. The van der Waals surface area contributed by atoms with E-state index in [1.54, 1.807) is 48.2 Å². The summed E-state index contributed by atoms with van der Waals surface area (Å²) < 4.78 is 28.8. The minimum Gasteiger partial charge on any atom is -0.310 e. The summed E-state index contributed by atoms with van der Waals surface area (Å²) in [7, 11) is -2.24. The Kier molecular flexibility index (Phi) is 5.28. The molecule has 1 aliphatic rings. The Labute approximate surface area is 178 Å². The molecular formula is C21H22N4O5S. The largest absolute Gasteiger partial charge is 0.331 e. The molecule has 0 atom stereocenters. The van der Waals surface area contributed by atoms with Crippen LogP contribution in [0.3, 0.4) is 0 Å². The van der Waals surface area contributed by atoms with Gasteiger partial charge in [0.2, 0.25) is 15.9 Å². The number of sulfonamides is 1. The second kappa shape index (κ2) is 7.78. The highest BCUT2D eigenvalue weighted by Gasteiger charge is 2.27. The van der Waals surface area contributed by atoms with E-state index in [1.807, 2.05) is 0 Å². The van der Waals surface area contributed by atoms with Crippen LogP contribution in [0.25, 0.3) is 10.9 Å². The van der Waals surface area contributed by atoms with Crippen LogP contribution < -0.4 is 20.9 Å². The van der Waals surface area contributed by atoms with E-state index in [2.05, 4.69) is 4.72 Å². The topological polar surface area (TPSA) is 110 Å². The molecule has 3 aromatic rings. The van der Waals surface area contributed by atoms with Crippen molar-refractivity contribution >= 4 is 32.5 Å². The molecule has 1 N–H and O–H groups in total. The van der Waals surface area contributed by atoms with E-state index in [-0.39, 0.29) is 29.5 Å². The molecule has 9 nitrogen and oxygen atoms in total. The standard InChI is InChI=1S/C21H22N4O5S/c1-3-23-20(27)16-6-4-5-7-18(16)25(21(23)28)13-19(26)24-11-10-14-12-15(8-9-17(14)24)31(29,30)22-2/h4-9,12,22H,3,10-11,13H2,1-2H3. The molecule has 0 radical (unpaired) electrons. The zero-order chi connectivity index (χ0) is 22.3. The second-order valence-corrected chi connectivity index (χ2v) is 9.12. The first-order chi connectivity index (χ1) is 14.8. The molecule has 0 saturated heterocycles. The number of hydrogen-bond donors (Lipinski definition) is 1. The molecule has 1 aromatic heterocycles. The van der Waals surface area contributed by atoms with E-state index in [1.165, 1.54) is 17.7 Å². The number of anilines is 1. The van der Waals surface area contributed by atoms with E-state index >= 15 is 0 Å². The van der Waals surface area contributed by atoms with Gasteiger partial charge in [0, 0.05) is 18.8 Å². The van der Waals surface area contributed by atoms with Crippen molar-refractivity contribution in [2.75, 3.05) is 18.5 Å². The Bertz CT molecular complexity index is 1420. The normalized spacial score (nSPS) is 13.5. The van der Waals surface area contributed by atoms with Gasteiger partial charge >= 0.3 is 5.69 Å². The first-order valence-electron chi connectivity index (χ1n) is 9.87. The fourth-order valence-electron chi connectivity index (χ4n) is 3.95. The quantitative estimate of drug-likeness (QED) is 0.625. The lowest BCUT2D eigenvalue weighted by atomic mass is 10.2. The van der Waals surface area contributed by atoms with Crippen LogP contribution >= 0.6 is 0 Å². The summed E-state index contributed by atoms with van der Waals surface area (Å²) in [4.78, 5) is 40.3. The summed E-state index contributed by atoms with van der Waals surface area (Å²) in [5.74, 6) is -0.309. The minimum atomic E-state index is -3.58. The third kappa shape index (κ3) is 3.47. The molecule has 2 heterocycles. The molecule has 0 saturated carbocycles. The van der Waals surface area contributed by atoms with Crippen molar-refractivity contribution in [2.24, 2.45) is 0 Å². The average molecular weight is 442 g/mol. The number of hydrogen-bond acceptors (Lipinski definition) is 5. The minimum absolute atomic E-state index is 0.139. The molecule has 0 unspecified atom stereocenters. The maximum Gasteiger partial charge on any atom is 0.331 e. The number of fused-ring (bicyclic) bond motifs is 2. The van der Waals surface area contributed by atoms with Crippen molar-refractivity contribution in [2.45, 2.75) is 31.3 Å². The van der Waals surface area contributed by atoms with Crippen LogP contribution in [0.1, 0.15) is 12.5 Å². The Balaban J connectivity index is 1.73. The second-order valence-electron chi connectivity index (χ2n) is 7.23. The van der Waals surface area contributed by atoms with Crippen LogP contribution in [-0.4, -0.2) is 37.1 Å². The molecule has 1 amide bonds. The highest BCUT2D eigenvalue weighted by Crippen LogP contribution is 2.30. The molecule has 0 aliphatic carbocycles. The Hall–Kier alpha value is -3.24. The molecule has 10 heteroatoms. The van der Waals surface area contributed by atoms with Gasteiger partial charge in [-0.2, -0.15) is 0 Å². The molecule has 0 bridgehead atoms. The number of benzene rings is 2. The summed E-state index contributed by atoms with van der Waals surface area (Å²) >= 11 is 0.